The van der Waals surface area contributed by atoms with Gasteiger partial charge in [-0.25, -0.2) is 9.78 Å². The number of imidazole rings is 1. The van der Waals surface area contributed by atoms with Crippen LogP contribution in [0.25, 0.3) is 11.0 Å². The molecule has 5 heteroatoms. The van der Waals surface area contributed by atoms with Gasteiger partial charge in [-0.15, -0.1) is 0 Å². The minimum Gasteiger partial charge on any atom is -0.478 e. The number of hydrogen-bond donors (Lipinski definition) is 1. The summed E-state index contributed by atoms with van der Waals surface area (Å²) in [5.41, 5.74) is 1.95. The van der Waals surface area contributed by atoms with Crippen molar-refractivity contribution in [1.29, 1.82) is 0 Å². The van der Waals surface area contributed by atoms with Gasteiger partial charge in [-0.05, 0) is 32.0 Å². The van der Waals surface area contributed by atoms with E-state index in [1.807, 2.05) is 26.8 Å². The molecule has 0 aliphatic rings. The molecular weight excluding hydrogens is 256 g/mol. The lowest BCUT2D eigenvalue weighted by atomic mass is 10.2. The number of benzene rings is 1. The SMILES string of the molecule is CCc1nc2cc(C(=O)O)ccc2n1CCOC(C)C. The van der Waals surface area contributed by atoms with Crippen molar-refractivity contribution in [2.45, 2.75) is 39.8 Å². The second-order valence-electron chi connectivity index (χ2n) is 4.96. The molecule has 0 bridgehead atoms. The Morgan fingerprint density at radius 1 is 1.45 bits per heavy atom. The maximum absolute atomic E-state index is 11.0. The fraction of sp³-hybridized carbons (Fsp3) is 0.467. The zero-order chi connectivity index (χ0) is 14.7. The van der Waals surface area contributed by atoms with Crippen LogP contribution in [0.4, 0.5) is 0 Å². The molecule has 0 aliphatic carbocycles. The Morgan fingerprint density at radius 3 is 2.80 bits per heavy atom. The van der Waals surface area contributed by atoms with E-state index < -0.39 is 5.97 Å². The number of aryl methyl sites for hydroxylation is 1. The summed E-state index contributed by atoms with van der Waals surface area (Å²) in [5.74, 6) is 0.0255. The fourth-order valence-corrected chi connectivity index (χ4v) is 2.21. The molecule has 0 spiro atoms. The molecular formula is C15H20N2O3. The number of hydrogen-bond acceptors (Lipinski definition) is 3. The summed E-state index contributed by atoms with van der Waals surface area (Å²) in [6.45, 7) is 7.40. The zero-order valence-electron chi connectivity index (χ0n) is 12.1. The van der Waals surface area contributed by atoms with E-state index in [9.17, 15) is 4.79 Å². The molecule has 2 aromatic rings. The fourth-order valence-electron chi connectivity index (χ4n) is 2.21. The number of ether oxygens (including phenoxy) is 1. The average Bonchev–Trinajstić information content (AvgIpc) is 2.75. The van der Waals surface area contributed by atoms with Crippen molar-refractivity contribution in [2.24, 2.45) is 0 Å². The molecule has 0 aliphatic heterocycles. The van der Waals surface area contributed by atoms with Crippen molar-refractivity contribution >= 4 is 17.0 Å². The molecule has 2 rings (SSSR count). The van der Waals surface area contributed by atoms with Gasteiger partial charge in [0.2, 0.25) is 0 Å². The summed E-state index contributed by atoms with van der Waals surface area (Å²) in [5, 5.41) is 9.03. The Labute approximate surface area is 118 Å². The summed E-state index contributed by atoms with van der Waals surface area (Å²) in [4.78, 5) is 15.5. The van der Waals surface area contributed by atoms with Crippen LogP contribution in [0.2, 0.25) is 0 Å². The number of carbonyl (C=O) groups is 1. The van der Waals surface area contributed by atoms with Crippen LogP contribution in [0.1, 0.15) is 37.0 Å². The summed E-state index contributed by atoms with van der Waals surface area (Å²) in [6.07, 6.45) is 1.01. The Hall–Kier alpha value is -1.88. The minimum atomic E-state index is -0.928. The van der Waals surface area contributed by atoms with Crippen LogP contribution >= 0.6 is 0 Å². The van der Waals surface area contributed by atoms with Crippen molar-refractivity contribution in [3.8, 4) is 0 Å². The number of aromatic nitrogens is 2. The minimum absolute atomic E-state index is 0.202. The van der Waals surface area contributed by atoms with Crippen molar-refractivity contribution in [1.82, 2.24) is 9.55 Å². The van der Waals surface area contributed by atoms with Crippen molar-refractivity contribution in [3.63, 3.8) is 0 Å². The monoisotopic (exact) mass is 276 g/mol. The average molecular weight is 276 g/mol. The van der Waals surface area contributed by atoms with Gasteiger partial charge >= 0.3 is 5.97 Å². The molecule has 0 saturated carbocycles. The quantitative estimate of drug-likeness (QED) is 0.881. The van der Waals surface area contributed by atoms with Crippen molar-refractivity contribution < 1.29 is 14.6 Å². The van der Waals surface area contributed by atoms with Gasteiger partial charge in [0.1, 0.15) is 5.82 Å². The number of carboxylic acids is 1. The molecule has 0 radical (unpaired) electrons. The molecule has 0 unspecified atom stereocenters. The first-order chi connectivity index (χ1) is 9.52. The first kappa shape index (κ1) is 14.5. The van der Waals surface area contributed by atoms with E-state index in [0.717, 1.165) is 29.8 Å². The number of nitrogens with zero attached hydrogens (tertiary/aromatic N) is 2. The number of aromatic carboxylic acids is 1. The third kappa shape index (κ3) is 2.99. The molecule has 1 aromatic carbocycles. The lowest BCUT2D eigenvalue weighted by molar-refractivity contribution is 0.0696. The first-order valence-corrected chi connectivity index (χ1v) is 6.87. The highest BCUT2D eigenvalue weighted by Crippen LogP contribution is 2.18. The van der Waals surface area contributed by atoms with Crippen molar-refractivity contribution in [3.05, 3.63) is 29.6 Å². The summed E-state index contributed by atoms with van der Waals surface area (Å²) < 4.78 is 7.68. The highest BCUT2D eigenvalue weighted by Gasteiger charge is 2.12. The van der Waals surface area contributed by atoms with Crippen LogP contribution in [0.15, 0.2) is 18.2 Å². The third-order valence-electron chi connectivity index (χ3n) is 3.16. The maximum Gasteiger partial charge on any atom is 0.335 e. The Kier molecular flexibility index (Phi) is 4.39. The highest BCUT2D eigenvalue weighted by molar-refractivity contribution is 5.92. The van der Waals surface area contributed by atoms with Crippen LogP contribution in [-0.4, -0.2) is 33.3 Å². The van der Waals surface area contributed by atoms with Gasteiger partial charge in [0.25, 0.3) is 0 Å². The van der Waals surface area contributed by atoms with E-state index in [0.29, 0.717) is 6.61 Å². The second kappa shape index (κ2) is 6.05. The lowest BCUT2D eigenvalue weighted by Crippen LogP contribution is -2.12. The third-order valence-corrected chi connectivity index (χ3v) is 3.16. The molecule has 0 atom stereocenters. The Morgan fingerprint density at radius 2 is 2.20 bits per heavy atom. The smallest absolute Gasteiger partial charge is 0.335 e. The Bertz CT molecular complexity index is 617. The molecule has 1 N–H and O–H groups in total. The van der Waals surface area contributed by atoms with E-state index >= 15 is 0 Å². The number of fused-ring (bicyclic) bond motifs is 1. The van der Waals surface area contributed by atoms with Crippen molar-refractivity contribution in [2.75, 3.05) is 6.61 Å². The van der Waals surface area contributed by atoms with Gasteiger partial charge in [-0.2, -0.15) is 0 Å². The molecule has 0 fully saturated rings. The normalized spacial score (nSPS) is 11.4. The predicted octanol–water partition coefficient (Wildman–Crippen LogP) is 2.72. The van der Waals surface area contributed by atoms with Crippen LogP contribution < -0.4 is 0 Å². The molecule has 1 heterocycles. The van der Waals surface area contributed by atoms with Gasteiger partial charge in [0.05, 0.1) is 29.3 Å². The topological polar surface area (TPSA) is 64.3 Å². The van der Waals surface area contributed by atoms with E-state index in [-0.39, 0.29) is 11.7 Å². The van der Waals surface area contributed by atoms with E-state index in [1.165, 1.54) is 0 Å². The standard InChI is InChI=1S/C15H20N2O3/c1-4-14-16-12-9-11(15(18)19)5-6-13(12)17(14)7-8-20-10(2)3/h5-6,9-10H,4,7-8H2,1-3H3,(H,18,19). The van der Waals surface area contributed by atoms with E-state index in [2.05, 4.69) is 9.55 Å². The van der Waals surface area contributed by atoms with Crippen LogP contribution in [0.3, 0.4) is 0 Å². The molecule has 20 heavy (non-hydrogen) atoms. The summed E-state index contributed by atoms with van der Waals surface area (Å²) in [7, 11) is 0. The molecule has 108 valence electrons. The van der Waals surface area contributed by atoms with Gasteiger partial charge < -0.3 is 14.4 Å². The molecule has 1 aromatic heterocycles. The number of carboxylic acid groups (broad SMARTS) is 1. The summed E-state index contributed by atoms with van der Waals surface area (Å²) in [6, 6.07) is 5.06. The molecule has 5 nitrogen and oxygen atoms in total. The largest absolute Gasteiger partial charge is 0.478 e. The Balaban J connectivity index is 2.34. The number of rotatable bonds is 6. The van der Waals surface area contributed by atoms with Crippen LogP contribution in [0, 0.1) is 0 Å². The predicted molar refractivity (Wildman–Crippen MR) is 77.2 cm³/mol. The van der Waals surface area contributed by atoms with Gasteiger partial charge in [-0.1, -0.05) is 6.92 Å². The van der Waals surface area contributed by atoms with Gasteiger partial charge in [0.15, 0.2) is 0 Å². The molecule has 0 amide bonds. The maximum atomic E-state index is 11.0. The van der Waals surface area contributed by atoms with Gasteiger partial charge in [0, 0.05) is 13.0 Å². The zero-order valence-corrected chi connectivity index (χ0v) is 12.1. The van der Waals surface area contributed by atoms with E-state index in [4.69, 9.17) is 9.84 Å². The first-order valence-electron chi connectivity index (χ1n) is 6.87. The lowest BCUT2D eigenvalue weighted by Gasteiger charge is -2.11. The van der Waals surface area contributed by atoms with Crippen LogP contribution in [0.5, 0.6) is 0 Å². The second-order valence-corrected chi connectivity index (χ2v) is 4.96. The summed E-state index contributed by atoms with van der Waals surface area (Å²) >= 11 is 0. The highest BCUT2D eigenvalue weighted by atomic mass is 16.5. The van der Waals surface area contributed by atoms with E-state index in [1.54, 1.807) is 12.1 Å². The van der Waals surface area contributed by atoms with Crippen LogP contribution in [-0.2, 0) is 17.7 Å². The van der Waals surface area contributed by atoms with Gasteiger partial charge in [-0.3, -0.25) is 0 Å². The molecule has 0 saturated heterocycles.